The van der Waals surface area contributed by atoms with Crippen molar-refractivity contribution in [1.82, 2.24) is 35.0 Å². The average Bonchev–Trinajstić information content (AvgIpc) is 3.34. The third-order valence-electron chi connectivity index (χ3n) is 7.64. The number of halogens is 2. The maximum Gasteiger partial charge on any atom is 0.272 e. The van der Waals surface area contributed by atoms with E-state index in [0.29, 0.717) is 44.9 Å². The highest BCUT2D eigenvalue weighted by Crippen LogP contribution is 2.65. The number of fused-ring (bicyclic) bond motifs is 1. The summed E-state index contributed by atoms with van der Waals surface area (Å²) in [6, 6.07) is 10.5. The van der Waals surface area contributed by atoms with E-state index in [1.54, 1.807) is 35.3 Å². The lowest BCUT2D eigenvalue weighted by Gasteiger charge is -2.34. The Kier molecular flexibility index (Phi) is 5.10. The van der Waals surface area contributed by atoms with E-state index in [-0.39, 0.29) is 18.1 Å². The van der Waals surface area contributed by atoms with Gasteiger partial charge in [-0.1, -0.05) is 0 Å². The van der Waals surface area contributed by atoms with Crippen molar-refractivity contribution in [2.24, 2.45) is 5.41 Å². The predicted octanol–water partition coefficient (Wildman–Crippen LogP) is 5.07. The van der Waals surface area contributed by atoms with Crippen molar-refractivity contribution in [3.63, 3.8) is 0 Å². The first-order chi connectivity index (χ1) is 18.4. The number of carbonyl (C=O) groups excluding carboxylic acids is 1. The number of H-pyrrole nitrogens is 1. The molecule has 2 aliphatic carbocycles. The SMILES string of the molecule is O=C(NCc1cc(F)cc(-c2cnn(-c3ccc(F)cc3)c2)c1)c1ncnc2nc(C3CC4(CC4)C3)[nH]c12. The number of aromatic amines is 1. The number of hydrogen-bond donors (Lipinski definition) is 2. The summed E-state index contributed by atoms with van der Waals surface area (Å²) in [7, 11) is 0. The van der Waals surface area contributed by atoms with Gasteiger partial charge in [-0.3, -0.25) is 4.79 Å². The van der Waals surface area contributed by atoms with Crippen LogP contribution in [0.15, 0.2) is 61.2 Å². The second-order valence-electron chi connectivity index (χ2n) is 10.3. The van der Waals surface area contributed by atoms with E-state index in [4.69, 9.17) is 0 Å². The van der Waals surface area contributed by atoms with Crippen LogP contribution < -0.4 is 5.32 Å². The van der Waals surface area contributed by atoms with Gasteiger partial charge in [-0.2, -0.15) is 5.10 Å². The fourth-order valence-corrected chi connectivity index (χ4v) is 5.37. The second kappa shape index (κ2) is 8.54. The first-order valence-electron chi connectivity index (χ1n) is 12.5. The average molecular weight is 512 g/mol. The monoisotopic (exact) mass is 511 g/mol. The Bertz CT molecular complexity index is 1680. The van der Waals surface area contributed by atoms with Gasteiger partial charge >= 0.3 is 0 Å². The van der Waals surface area contributed by atoms with Crippen LogP contribution in [0.4, 0.5) is 8.78 Å². The molecule has 1 amide bonds. The van der Waals surface area contributed by atoms with Crippen LogP contribution in [0, 0.1) is 17.0 Å². The molecule has 2 aromatic carbocycles. The molecule has 0 radical (unpaired) electrons. The highest BCUT2D eigenvalue weighted by atomic mass is 19.1. The number of benzene rings is 2. The van der Waals surface area contributed by atoms with Gasteiger partial charge in [-0.05, 0) is 84.7 Å². The van der Waals surface area contributed by atoms with Crippen LogP contribution >= 0.6 is 0 Å². The summed E-state index contributed by atoms with van der Waals surface area (Å²) < 4.78 is 29.3. The smallest absolute Gasteiger partial charge is 0.272 e. The number of rotatable bonds is 6. The summed E-state index contributed by atoms with van der Waals surface area (Å²) >= 11 is 0. The maximum absolute atomic E-state index is 14.5. The Hall–Kier alpha value is -4.47. The quantitative estimate of drug-likeness (QED) is 0.331. The highest BCUT2D eigenvalue weighted by Gasteiger charge is 2.54. The number of nitrogens with one attached hydrogen (secondary N) is 2. The molecule has 190 valence electrons. The summed E-state index contributed by atoms with van der Waals surface area (Å²) in [5, 5.41) is 7.15. The molecule has 2 saturated carbocycles. The van der Waals surface area contributed by atoms with E-state index in [9.17, 15) is 13.6 Å². The molecule has 8 nitrogen and oxygen atoms in total. The van der Waals surface area contributed by atoms with Crippen molar-refractivity contribution < 1.29 is 13.6 Å². The topological polar surface area (TPSA) is 101 Å². The minimum Gasteiger partial charge on any atom is -0.347 e. The lowest BCUT2D eigenvalue weighted by molar-refractivity contribution is 0.0947. The Labute approximate surface area is 216 Å². The number of imidazole rings is 1. The predicted molar refractivity (Wildman–Crippen MR) is 135 cm³/mol. The van der Waals surface area contributed by atoms with Gasteiger partial charge < -0.3 is 10.3 Å². The second-order valence-corrected chi connectivity index (χ2v) is 10.3. The molecule has 5 aromatic rings. The Morgan fingerprint density at radius 1 is 1.05 bits per heavy atom. The van der Waals surface area contributed by atoms with Crippen molar-refractivity contribution in [3.8, 4) is 16.8 Å². The molecule has 1 spiro atoms. The molecule has 0 bridgehead atoms. The van der Waals surface area contributed by atoms with Crippen LogP contribution in [0.1, 0.15) is 53.5 Å². The molecule has 0 aliphatic heterocycles. The van der Waals surface area contributed by atoms with E-state index in [1.165, 1.54) is 43.4 Å². The number of aromatic nitrogens is 6. The van der Waals surface area contributed by atoms with Gasteiger partial charge in [0.15, 0.2) is 11.3 Å². The van der Waals surface area contributed by atoms with Gasteiger partial charge in [0, 0.05) is 24.2 Å². The number of nitrogens with zero attached hydrogens (tertiary/aromatic N) is 5. The van der Waals surface area contributed by atoms with Crippen LogP contribution in [0.5, 0.6) is 0 Å². The molecular formula is C28H23F2N7O. The Balaban J connectivity index is 1.08. The summed E-state index contributed by atoms with van der Waals surface area (Å²) in [6.07, 6.45) is 9.56. The zero-order valence-corrected chi connectivity index (χ0v) is 20.3. The van der Waals surface area contributed by atoms with Crippen molar-refractivity contribution in [2.45, 2.75) is 38.1 Å². The minimum atomic E-state index is -0.433. The molecule has 3 aromatic heterocycles. The van der Waals surface area contributed by atoms with E-state index < -0.39 is 11.7 Å². The number of amides is 1. The van der Waals surface area contributed by atoms with Crippen molar-refractivity contribution in [1.29, 1.82) is 0 Å². The fraction of sp³-hybridized carbons (Fsp3) is 0.250. The van der Waals surface area contributed by atoms with Crippen LogP contribution in [-0.2, 0) is 6.54 Å². The zero-order valence-electron chi connectivity index (χ0n) is 20.3. The molecule has 2 fully saturated rings. The lowest BCUT2D eigenvalue weighted by atomic mass is 9.71. The first-order valence-corrected chi connectivity index (χ1v) is 12.5. The van der Waals surface area contributed by atoms with Gasteiger partial charge in [-0.25, -0.2) is 28.4 Å². The van der Waals surface area contributed by atoms with E-state index >= 15 is 0 Å². The first kappa shape index (κ1) is 22.7. The Morgan fingerprint density at radius 2 is 1.87 bits per heavy atom. The van der Waals surface area contributed by atoms with Gasteiger partial charge in [-0.15, -0.1) is 0 Å². The van der Waals surface area contributed by atoms with Crippen molar-refractivity contribution >= 4 is 17.1 Å². The third kappa shape index (κ3) is 4.11. The number of carbonyl (C=O) groups is 1. The molecule has 3 heterocycles. The normalized spacial score (nSPS) is 16.1. The molecule has 38 heavy (non-hydrogen) atoms. The van der Waals surface area contributed by atoms with E-state index in [0.717, 1.165) is 18.7 Å². The zero-order chi connectivity index (χ0) is 25.9. The molecule has 10 heteroatoms. The lowest BCUT2D eigenvalue weighted by Crippen LogP contribution is -2.24. The Morgan fingerprint density at radius 3 is 2.66 bits per heavy atom. The molecule has 2 aliphatic rings. The fourth-order valence-electron chi connectivity index (χ4n) is 5.37. The summed E-state index contributed by atoms with van der Waals surface area (Å²) in [5.41, 5.74) is 4.32. The molecule has 0 unspecified atom stereocenters. The van der Waals surface area contributed by atoms with Crippen LogP contribution in [0.2, 0.25) is 0 Å². The largest absolute Gasteiger partial charge is 0.347 e. The molecule has 2 N–H and O–H groups in total. The number of hydrogen-bond acceptors (Lipinski definition) is 5. The highest BCUT2D eigenvalue weighted by molar-refractivity contribution is 6.02. The third-order valence-corrected chi connectivity index (χ3v) is 7.64. The maximum atomic E-state index is 14.5. The standard InChI is InChI=1S/C28H23F2N7O/c29-20-1-3-22(4-2-20)37-14-19(13-34-37)17-7-16(8-21(30)9-17)12-31-27(38)24-23-26(33-15-32-24)36-25(35-23)18-10-28(11-18)5-6-28/h1-4,7-9,13-15,18H,5-6,10-12H2,(H,31,38)(H,32,33,35,36). The molecular weight excluding hydrogens is 488 g/mol. The molecule has 0 saturated heterocycles. The summed E-state index contributed by atoms with van der Waals surface area (Å²) in [4.78, 5) is 29.4. The molecule has 0 atom stereocenters. The van der Waals surface area contributed by atoms with Crippen molar-refractivity contribution in [3.05, 3.63) is 89.9 Å². The summed E-state index contributed by atoms with van der Waals surface area (Å²) in [5.74, 6) is 0.0786. The molecule has 7 rings (SSSR count). The van der Waals surface area contributed by atoms with Gasteiger partial charge in [0.2, 0.25) is 0 Å². The van der Waals surface area contributed by atoms with Crippen LogP contribution in [0.25, 0.3) is 28.0 Å². The van der Waals surface area contributed by atoms with Crippen LogP contribution in [-0.4, -0.2) is 35.6 Å². The van der Waals surface area contributed by atoms with E-state index in [1.807, 2.05) is 0 Å². The van der Waals surface area contributed by atoms with Gasteiger partial charge in [0.25, 0.3) is 5.91 Å². The van der Waals surface area contributed by atoms with Crippen molar-refractivity contribution in [2.75, 3.05) is 0 Å². The van der Waals surface area contributed by atoms with Gasteiger partial charge in [0.1, 0.15) is 29.3 Å². The van der Waals surface area contributed by atoms with Gasteiger partial charge in [0.05, 0.1) is 11.9 Å². The van der Waals surface area contributed by atoms with Crippen LogP contribution in [0.3, 0.4) is 0 Å². The summed E-state index contributed by atoms with van der Waals surface area (Å²) in [6.45, 7) is 0.104. The van der Waals surface area contributed by atoms with E-state index in [2.05, 4.69) is 30.4 Å². The minimum absolute atomic E-state index is 0.104.